The van der Waals surface area contributed by atoms with E-state index < -0.39 is 17.5 Å². The zero-order chi connectivity index (χ0) is 18.2. The van der Waals surface area contributed by atoms with Gasteiger partial charge >= 0.3 is 6.09 Å². The number of carbonyl (C=O) groups excluding carboxylic acids is 1. The van der Waals surface area contributed by atoms with Gasteiger partial charge in [0.05, 0.1) is 5.57 Å². The molecule has 24 heavy (non-hydrogen) atoms. The van der Waals surface area contributed by atoms with Gasteiger partial charge in [-0.05, 0) is 33.7 Å². The summed E-state index contributed by atoms with van der Waals surface area (Å²) in [6.07, 6.45) is 5.23. The monoisotopic (exact) mass is 335 g/mol. The predicted octanol–water partition coefficient (Wildman–Crippen LogP) is 3.47. The van der Waals surface area contributed by atoms with E-state index in [-0.39, 0.29) is 5.57 Å². The Morgan fingerprint density at radius 2 is 2.21 bits per heavy atom. The number of allylic oxidation sites excluding steroid dienone is 4. The van der Waals surface area contributed by atoms with Crippen LogP contribution in [0.1, 0.15) is 34.1 Å². The highest BCUT2D eigenvalue weighted by atomic mass is 19.1. The van der Waals surface area contributed by atoms with Gasteiger partial charge in [-0.25, -0.2) is 9.18 Å². The summed E-state index contributed by atoms with van der Waals surface area (Å²) in [4.78, 5) is 13.6. The lowest BCUT2D eigenvalue weighted by Gasteiger charge is -2.23. The first-order chi connectivity index (χ1) is 11.3. The van der Waals surface area contributed by atoms with Crippen LogP contribution in [0.5, 0.6) is 0 Å². The average Bonchev–Trinajstić information content (AvgIpc) is 2.66. The number of amides is 1. The summed E-state index contributed by atoms with van der Waals surface area (Å²) in [7, 11) is 0. The highest BCUT2D eigenvalue weighted by molar-refractivity contribution is 5.67. The quantitative estimate of drug-likeness (QED) is 0.807. The summed E-state index contributed by atoms with van der Waals surface area (Å²) >= 11 is 0. The summed E-state index contributed by atoms with van der Waals surface area (Å²) in [6, 6.07) is 1.89. The van der Waals surface area contributed by atoms with E-state index in [1.165, 1.54) is 0 Å². The van der Waals surface area contributed by atoms with E-state index in [4.69, 9.17) is 10.00 Å². The van der Waals surface area contributed by atoms with Gasteiger partial charge in [-0.3, -0.25) is 4.90 Å². The maximum atomic E-state index is 14.3. The summed E-state index contributed by atoms with van der Waals surface area (Å²) in [6.45, 7) is 9.43. The lowest BCUT2D eigenvalue weighted by atomic mass is 10.1. The second-order valence-corrected chi connectivity index (χ2v) is 6.50. The molecule has 0 unspecified atom stereocenters. The van der Waals surface area contributed by atoms with Gasteiger partial charge in [0, 0.05) is 25.2 Å². The maximum absolute atomic E-state index is 14.3. The molecule has 0 heterocycles. The van der Waals surface area contributed by atoms with Crippen LogP contribution in [0.25, 0.3) is 0 Å². The Bertz CT molecular complexity index is 580. The third kappa shape index (κ3) is 6.97. The number of hydrogen-bond donors (Lipinski definition) is 1. The summed E-state index contributed by atoms with van der Waals surface area (Å²) < 4.78 is 19.5. The zero-order valence-electron chi connectivity index (χ0n) is 14.9. The Balaban J connectivity index is 2.57. The van der Waals surface area contributed by atoms with Crippen molar-refractivity contribution in [2.24, 2.45) is 0 Å². The molecule has 1 N–H and O–H groups in total. The molecular formula is C18H26FN3O2. The first-order valence-electron chi connectivity index (χ1n) is 8.12. The molecule has 0 aliphatic heterocycles. The third-order valence-electron chi connectivity index (χ3n) is 3.35. The molecular weight excluding hydrogens is 309 g/mol. The smallest absolute Gasteiger partial charge is 0.407 e. The predicted molar refractivity (Wildman–Crippen MR) is 91.9 cm³/mol. The van der Waals surface area contributed by atoms with Crippen molar-refractivity contribution >= 4 is 6.09 Å². The molecule has 0 fully saturated rings. The van der Waals surface area contributed by atoms with E-state index in [9.17, 15) is 9.18 Å². The molecule has 132 valence electrons. The fourth-order valence-electron chi connectivity index (χ4n) is 2.17. The SMILES string of the molecule is CCN(CCNC(=O)OC(C)(C)C)CC1=C(F)C(C#N)=CCC=C1. The van der Waals surface area contributed by atoms with Crippen molar-refractivity contribution in [2.75, 3.05) is 26.2 Å². The van der Waals surface area contributed by atoms with Crippen LogP contribution >= 0.6 is 0 Å². The van der Waals surface area contributed by atoms with E-state index in [0.717, 1.165) is 0 Å². The van der Waals surface area contributed by atoms with Crippen LogP contribution in [-0.4, -0.2) is 42.8 Å². The van der Waals surface area contributed by atoms with Gasteiger partial charge in [0.1, 0.15) is 17.5 Å². The summed E-state index contributed by atoms with van der Waals surface area (Å²) in [5.41, 5.74) is 0.0329. The van der Waals surface area contributed by atoms with Crippen LogP contribution in [0.3, 0.4) is 0 Å². The molecule has 1 aliphatic carbocycles. The number of nitrogens with zero attached hydrogens (tertiary/aromatic N) is 2. The number of alkyl carbamates (subject to hydrolysis) is 1. The van der Waals surface area contributed by atoms with Crippen molar-refractivity contribution in [2.45, 2.75) is 39.7 Å². The third-order valence-corrected chi connectivity index (χ3v) is 3.35. The highest BCUT2D eigenvalue weighted by Gasteiger charge is 2.17. The molecule has 0 saturated carbocycles. The Kier molecular flexibility index (Phi) is 7.66. The van der Waals surface area contributed by atoms with Crippen molar-refractivity contribution in [3.63, 3.8) is 0 Å². The van der Waals surface area contributed by atoms with Gasteiger partial charge in [-0.15, -0.1) is 0 Å². The minimum Gasteiger partial charge on any atom is -0.444 e. The molecule has 5 nitrogen and oxygen atoms in total. The standard InChI is InChI=1S/C18H26FN3O2/c1-5-22(11-10-21-17(23)24-18(2,3)4)13-15-9-7-6-8-14(12-20)16(15)19/h7-9H,5-6,10-11,13H2,1-4H3,(H,21,23). The zero-order valence-corrected chi connectivity index (χ0v) is 14.9. The lowest BCUT2D eigenvalue weighted by Crippen LogP contribution is -2.38. The number of carbonyl (C=O) groups is 1. The average molecular weight is 335 g/mol. The molecule has 0 spiro atoms. The molecule has 1 amide bonds. The molecule has 0 saturated heterocycles. The number of halogens is 1. The first-order valence-corrected chi connectivity index (χ1v) is 8.12. The minimum atomic E-state index is -0.534. The van der Waals surface area contributed by atoms with Crippen LogP contribution in [0.4, 0.5) is 9.18 Å². The Labute approximate surface area is 143 Å². The fraction of sp³-hybridized carbons (Fsp3) is 0.556. The van der Waals surface area contributed by atoms with Crippen molar-refractivity contribution < 1.29 is 13.9 Å². The highest BCUT2D eigenvalue weighted by Crippen LogP contribution is 2.21. The lowest BCUT2D eigenvalue weighted by molar-refractivity contribution is 0.0523. The van der Waals surface area contributed by atoms with Crippen LogP contribution in [0.15, 0.2) is 35.2 Å². The van der Waals surface area contributed by atoms with Crippen LogP contribution in [0, 0.1) is 11.3 Å². The Morgan fingerprint density at radius 3 is 2.79 bits per heavy atom. The first kappa shape index (κ1) is 19.9. The molecule has 1 rings (SSSR count). The van der Waals surface area contributed by atoms with Crippen LogP contribution in [-0.2, 0) is 4.74 Å². The van der Waals surface area contributed by atoms with Gasteiger partial charge in [0.25, 0.3) is 0 Å². The van der Waals surface area contributed by atoms with E-state index in [2.05, 4.69) is 5.32 Å². The number of nitrogens with one attached hydrogen (secondary N) is 1. The molecule has 0 atom stereocenters. The number of likely N-dealkylation sites (N-methyl/N-ethyl adjacent to an activating group) is 1. The normalized spacial score (nSPS) is 15.0. The molecule has 0 aromatic carbocycles. The second-order valence-electron chi connectivity index (χ2n) is 6.50. The number of rotatable bonds is 6. The molecule has 0 radical (unpaired) electrons. The second kappa shape index (κ2) is 9.24. The molecule has 0 aromatic heterocycles. The largest absolute Gasteiger partial charge is 0.444 e. The summed E-state index contributed by atoms with van der Waals surface area (Å²) in [5, 5.41) is 11.7. The van der Waals surface area contributed by atoms with Gasteiger partial charge < -0.3 is 10.1 Å². The van der Waals surface area contributed by atoms with Crippen molar-refractivity contribution in [1.29, 1.82) is 5.26 Å². The van der Waals surface area contributed by atoms with E-state index >= 15 is 0 Å². The fourth-order valence-corrected chi connectivity index (χ4v) is 2.17. The molecule has 6 heteroatoms. The van der Waals surface area contributed by atoms with Gasteiger partial charge in [0.2, 0.25) is 0 Å². The van der Waals surface area contributed by atoms with Gasteiger partial charge in [0.15, 0.2) is 0 Å². The Morgan fingerprint density at radius 1 is 1.50 bits per heavy atom. The maximum Gasteiger partial charge on any atom is 0.407 e. The van der Waals surface area contributed by atoms with Crippen molar-refractivity contribution in [1.82, 2.24) is 10.2 Å². The molecule has 0 aromatic rings. The summed E-state index contributed by atoms with van der Waals surface area (Å²) in [5.74, 6) is -0.468. The van der Waals surface area contributed by atoms with E-state index in [1.54, 1.807) is 32.9 Å². The molecule has 1 aliphatic rings. The van der Waals surface area contributed by atoms with E-state index in [1.807, 2.05) is 24.0 Å². The number of hydrogen-bond acceptors (Lipinski definition) is 4. The minimum absolute atomic E-state index is 0.0814. The molecule has 0 bridgehead atoms. The van der Waals surface area contributed by atoms with Crippen molar-refractivity contribution in [3.8, 4) is 6.07 Å². The Hall–Kier alpha value is -2.13. The van der Waals surface area contributed by atoms with Crippen LogP contribution in [0.2, 0.25) is 0 Å². The van der Waals surface area contributed by atoms with Crippen molar-refractivity contribution in [3.05, 3.63) is 35.2 Å². The van der Waals surface area contributed by atoms with E-state index in [0.29, 0.717) is 38.2 Å². The number of nitriles is 1. The van der Waals surface area contributed by atoms with Gasteiger partial charge in [-0.1, -0.05) is 25.2 Å². The number of ether oxygens (including phenoxy) is 1. The van der Waals surface area contributed by atoms with Crippen LogP contribution < -0.4 is 5.32 Å². The van der Waals surface area contributed by atoms with Gasteiger partial charge in [-0.2, -0.15) is 5.26 Å². The topological polar surface area (TPSA) is 65.4 Å².